The maximum absolute atomic E-state index is 8.78. The number of aromatic nitrogens is 2. The van der Waals surface area contributed by atoms with Crippen molar-refractivity contribution in [2.45, 2.75) is 19.8 Å². The molecule has 0 N–H and O–H groups in total. The molecule has 3 nitrogen and oxygen atoms in total. The van der Waals surface area contributed by atoms with Gasteiger partial charge in [0.05, 0.1) is 5.69 Å². The van der Waals surface area contributed by atoms with Gasteiger partial charge in [-0.25, -0.2) is 4.68 Å². The lowest BCUT2D eigenvalue weighted by atomic mass is 10.1. The van der Waals surface area contributed by atoms with Gasteiger partial charge in [-0.3, -0.25) is 0 Å². The third-order valence-electron chi connectivity index (χ3n) is 2.47. The molecular weight excluding hydrogens is 234 g/mol. The van der Waals surface area contributed by atoms with E-state index in [0.717, 1.165) is 18.5 Å². The monoisotopic (exact) mass is 245 g/mol. The smallest absolute Gasteiger partial charge is 0.164 e. The van der Waals surface area contributed by atoms with Crippen LogP contribution in [0.2, 0.25) is 5.15 Å². The zero-order chi connectivity index (χ0) is 12.3. The Morgan fingerprint density at radius 3 is 2.88 bits per heavy atom. The number of benzene rings is 1. The zero-order valence-corrected chi connectivity index (χ0v) is 10.3. The van der Waals surface area contributed by atoms with Gasteiger partial charge in [-0.05, 0) is 24.1 Å². The number of rotatable bonds is 3. The SMILES string of the molecule is CCCc1cccc(-n2nc(C#N)cc2Cl)c1. The highest BCUT2D eigenvalue weighted by Crippen LogP contribution is 2.18. The molecule has 17 heavy (non-hydrogen) atoms. The van der Waals surface area contributed by atoms with Crippen LogP contribution < -0.4 is 0 Å². The standard InChI is InChI=1S/C13H12ClN3/c1-2-4-10-5-3-6-12(7-10)17-13(14)8-11(9-15)16-17/h3,5-8H,2,4H2,1H3. The Morgan fingerprint density at radius 2 is 2.24 bits per heavy atom. The predicted molar refractivity (Wildman–Crippen MR) is 67.3 cm³/mol. The van der Waals surface area contributed by atoms with E-state index in [4.69, 9.17) is 16.9 Å². The molecule has 0 saturated heterocycles. The second-order valence-electron chi connectivity index (χ2n) is 3.80. The molecule has 0 aliphatic heterocycles. The lowest BCUT2D eigenvalue weighted by Crippen LogP contribution is -1.98. The first-order valence-electron chi connectivity index (χ1n) is 5.49. The maximum atomic E-state index is 8.78. The molecular formula is C13H12ClN3. The van der Waals surface area contributed by atoms with E-state index in [2.05, 4.69) is 18.1 Å². The molecule has 1 heterocycles. The molecule has 0 spiro atoms. The van der Waals surface area contributed by atoms with E-state index < -0.39 is 0 Å². The normalized spacial score (nSPS) is 10.2. The average molecular weight is 246 g/mol. The number of nitrogens with zero attached hydrogens (tertiary/aromatic N) is 3. The lowest BCUT2D eigenvalue weighted by molar-refractivity contribution is 0.863. The quantitative estimate of drug-likeness (QED) is 0.832. The molecule has 0 radical (unpaired) electrons. The molecule has 1 aromatic carbocycles. The Labute approximate surface area is 105 Å². The topological polar surface area (TPSA) is 41.6 Å². The molecule has 86 valence electrons. The van der Waals surface area contributed by atoms with Crippen LogP contribution in [0.15, 0.2) is 30.3 Å². The number of hydrogen-bond acceptors (Lipinski definition) is 2. The first-order valence-corrected chi connectivity index (χ1v) is 5.87. The van der Waals surface area contributed by atoms with Crippen molar-refractivity contribution in [3.63, 3.8) is 0 Å². The van der Waals surface area contributed by atoms with Gasteiger partial charge in [-0.15, -0.1) is 0 Å². The third-order valence-corrected chi connectivity index (χ3v) is 2.74. The Kier molecular flexibility index (Phi) is 3.46. The summed E-state index contributed by atoms with van der Waals surface area (Å²) in [6.45, 7) is 2.14. The van der Waals surface area contributed by atoms with E-state index in [-0.39, 0.29) is 0 Å². The molecule has 1 aromatic heterocycles. The van der Waals surface area contributed by atoms with Crippen LogP contribution in [0, 0.1) is 11.3 Å². The summed E-state index contributed by atoms with van der Waals surface area (Å²) >= 11 is 6.04. The molecule has 0 amide bonds. The van der Waals surface area contributed by atoms with Crippen LogP contribution in [0.5, 0.6) is 0 Å². The van der Waals surface area contributed by atoms with Gasteiger partial charge in [0.2, 0.25) is 0 Å². The van der Waals surface area contributed by atoms with E-state index in [1.54, 1.807) is 10.7 Å². The molecule has 0 aliphatic carbocycles. The number of hydrogen-bond donors (Lipinski definition) is 0. The first-order chi connectivity index (χ1) is 8.24. The minimum atomic E-state index is 0.330. The van der Waals surface area contributed by atoms with Gasteiger partial charge < -0.3 is 0 Å². The van der Waals surface area contributed by atoms with Gasteiger partial charge in [0, 0.05) is 6.07 Å². The van der Waals surface area contributed by atoms with Crippen molar-refractivity contribution >= 4 is 11.6 Å². The lowest BCUT2D eigenvalue weighted by Gasteiger charge is -2.05. The number of halogens is 1. The maximum Gasteiger partial charge on any atom is 0.164 e. The Bertz CT molecular complexity index is 566. The van der Waals surface area contributed by atoms with Crippen LogP contribution in [-0.2, 0) is 6.42 Å². The summed E-state index contributed by atoms with van der Waals surface area (Å²) in [6.07, 6.45) is 2.12. The van der Waals surface area contributed by atoms with Crippen molar-refractivity contribution in [2.24, 2.45) is 0 Å². The van der Waals surface area contributed by atoms with E-state index >= 15 is 0 Å². The first kappa shape index (κ1) is 11.7. The minimum absolute atomic E-state index is 0.330. The highest BCUT2D eigenvalue weighted by atomic mass is 35.5. The summed E-state index contributed by atoms with van der Waals surface area (Å²) in [4.78, 5) is 0. The van der Waals surface area contributed by atoms with Crippen LogP contribution in [0.3, 0.4) is 0 Å². The Balaban J connectivity index is 2.42. The van der Waals surface area contributed by atoms with Gasteiger partial charge in [0.1, 0.15) is 11.2 Å². The highest BCUT2D eigenvalue weighted by molar-refractivity contribution is 6.29. The Hall–Kier alpha value is -1.79. The molecule has 0 aliphatic rings. The van der Waals surface area contributed by atoms with Crippen molar-refractivity contribution in [3.8, 4) is 11.8 Å². The van der Waals surface area contributed by atoms with Crippen LogP contribution in [0.1, 0.15) is 24.6 Å². The van der Waals surface area contributed by atoms with E-state index in [9.17, 15) is 0 Å². The molecule has 2 aromatic rings. The van der Waals surface area contributed by atoms with Gasteiger partial charge >= 0.3 is 0 Å². The van der Waals surface area contributed by atoms with Gasteiger partial charge in [-0.1, -0.05) is 37.1 Å². The van der Waals surface area contributed by atoms with E-state index in [0.29, 0.717) is 10.8 Å². The number of aryl methyl sites for hydroxylation is 1. The largest absolute Gasteiger partial charge is 0.221 e. The summed E-state index contributed by atoms with van der Waals surface area (Å²) in [7, 11) is 0. The predicted octanol–water partition coefficient (Wildman–Crippen LogP) is 3.35. The van der Waals surface area contributed by atoms with Crippen LogP contribution in [0.4, 0.5) is 0 Å². The molecule has 0 bridgehead atoms. The highest BCUT2D eigenvalue weighted by Gasteiger charge is 2.07. The number of nitriles is 1. The summed E-state index contributed by atoms with van der Waals surface area (Å²) in [6, 6.07) is 11.6. The Morgan fingerprint density at radius 1 is 1.41 bits per heavy atom. The van der Waals surface area contributed by atoms with Gasteiger partial charge in [0.15, 0.2) is 5.69 Å². The van der Waals surface area contributed by atoms with Crippen LogP contribution in [-0.4, -0.2) is 9.78 Å². The van der Waals surface area contributed by atoms with Crippen molar-refractivity contribution in [1.82, 2.24) is 9.78 Å². The molecule has 0 unspecified atom stereocenters. The summed E-state index contributed by atoms with van der Waals surface area (Å²) in [5, 5.41) is 13.4. The second kappa shape index (κ2) is 5.03. The van der Waals surface area contributed by atoms with Crippen molar-refractivity contribution < 1.29 is 0 Å². The van der Waals surface area contributed by atoms with Gasteiger partial charge in [-0.2, -0.15) is 10.4 Å². The summed E-state index contributed by atoms with van der Waals surface area (Å²) in [5.74, 6) is 0. The zero-order valence-electron chi connectivity index (χ0n) is 9.52. The van der Waals surface area contributed by atoms with E-state index in [1.165, 1.54) is 5.56 Å². The van der Waals surface area contributed by atoms with Crippen molar-refractivity contribution in [2.75, 3.05) is 0 Å². The second-order valence-corrected chi connectivity index (χ2v) is 4.18. The fraction of sp³-hybridized carbons (Fsp3) is 0.231. The van der Waals surface area contributed by atoms with E-state index in [1.807, 2.05) is 24.3 Å². The minimum Gasteiger partial charge on any atom is -0.221 e. The molecule has 0 fully saturated rings. The van der Waals surface area contributed by atoms with Crippen molar-refractivity contribution in [1.29, 1.82) is 5.26 Å². The fourth-order valence-electron chi connectivity index (χ4n) is 1.73. The van der Waals surface area contributed by atoms with Crippen LogP contribution >= 0.6 is 11.6 Å². The summed E-state index contributed by atoms with van der Waals surface area (Å²) < 4.78 is 1.58. The van der Waals surface area contributed by atoms with Crippen molar-refractivity contribution in [3.05, 3.63) is 46.7 Å². The fourth-order valence-corrected chi connectivity index (χ4v) is 1.97. The molecule has 4 heteroatoms. The van der Waals surface area contributed by atoms with Crippen LogP contribution in [0.25, 0.3) is 5.69 Å². The molecule has 0 atom stereocenters. The van der Waals surface area contributed by atoms with Gasteiger partial charge in [0.25, 0.3) is 0 Å². The summed E-state index contributed by atoms with van der Waals surface area (Å²) in [5.41, 5.74) is 2.47. The average Bonchev–Trinajstić information content (AvgIpc) is 2.71. The molecule has 2 rings (SSSR count). The molecule has 0 saturated carbocycles. The third kappa shape index (κ3) is 2.48.